The van der Waals surface area contributed by atoms with Crippen LogP contribution in [0.4, 0.5) is 0 Å². The van der Waals surface area contributed by atoms with Crippen molar-refractivity contribution in [3.63, 3.8) is 0 Å². The van der Waals surface area contributed by atoms with Gasteiger partial charge in [0.1, 0.15) is 67.1 Å². The zero-order valence-electron chi connectivity index (χ0n) is 21.2. The molecule has 0 aromatic rings. The van der Waals surface area contributed by atoms with E-state index in [4.69, 9.17) is 28.2 Å². The predicted octanol–water partition coefficient (Wildman–Crippen LogP) is -6.57. The van der Waals surface area contributed by atoms with Crippen LogP contribution in [0.3, 0.4) is 0 Å². The summed E-state index contributed by atoms with van der Waals surface area (Å²) in [6, 6.07) is -1.48. The number of ether oxygens (including phenoxy) is 5. The maximum Gasteiger partial charge on any atom is 0.397 e. The van der Waals surface area contributed by atoms with Gasteiger partial charge in [0.05, 0.1) is 19.3 Å². The Bertz CT molecular complexity index is 956. The Labute approximate surface area is 227 Å². The number of aliphatic hydroxyl groups is 8. The average Bonchev–Trinajstić information content (AvgIpc) is 2.87. The van der Waals surface area contributed by atoms with Crippen molar-refractivity contribution >= 4 is 16.3 Å². The molecule has 3 fully saturated rings. The molecule has 19 nitrogen and oxygen atoms in total. The van der Waals surface area contributed by atoms with Gasteiger partial charge in [0.2, 0.25) is 5.91 Å². The largest absolute Gasteiger partial charge is 0.397 e. The molecular formula is C20H35NO18S. The quantitative estimate of drug-likeness (QED) is 0.109. The van der Waals surface area contributed by atoms with Crippen LogP contribution >= 0.6 is 0 Å². The molecule has 20 heteroatoms. The zero-order chi connectivity index (χ0) is 30.1. The van der Waals surface area contributed by atoms with E-state index < -0.39 is 122 Å². The normalized spacial score (nSPS) is 46.6. The third kappa shape index (κ3) is 7.60. The summed E-state index contributed by atoms with van der Waals surface area (Å²) < 4.78 is 62.6. The number of carbonyl (C=O) groups excluding carboxylic acids is 1. The van der Waals surface area contributed by atoms with Crippen molar-refractivity contribution < 1.29 is 86.5 Å². The SMILES string of the molecule is CC(=O)N[C@@H]1[C@@H](O)[C@H](O[C@@H]2O[C@H](COS(=O)(=O)O)[C@H](O)[C@H](O)[C@H]2O[C@@H]2O[C@@H](C)[C@@H](O)[C@@H](O)[C@@H]2O)[C@@H](CO)O[C@H]1O. The number of hydrogen-bond acceptors (Lipinski definition) is 17. The zero-order valence-corrected chi connectivity index (χ0v) is 22.0. The lowest BCUT2D eigenvalue weighted by atomic mass is 9.95. The van der Waals surface area contributed by atoms with Crippen LogP contribution in [0.1, 0.15) is 13.8 Å². The van der Waals surface area contributed by atoms with Crippen LogP contribution in [0.2, 0.25) is 0 Å². The third-order valence-corrected chi connectivity index (χ3v) is 7.09. The molecule has 3 aliphatic rings. The van der Waals surface area contributed by atoms with Gasteiger partial charge in [-0.15, -0.1) is 0 Å². The molecular weight excluding hydrogens is 574 g/mol. The topological polar surface area (TPSA) is 301 Å². The Morgan fingerprint density at radius 1 is 0.800 bits per heavy atom. The van der Waals surface area contributed by atoms with E-state index in [1.54, 1.807) is 0 Å². The highest BCUT2D eigenvalue weighted by molar-refractivity contribution is 7.80. The van der Waals surface area contributed by atoms with Gasteiger partial charge in [0.25, 0.3) is 0 Å². The molecule has 0 radical (unpaired) electrons. The molecule has 0 aromatic carbocycles. The summed E-state index contributed by atoms with van der Waals surface area (Å²) in [5.74, 6) is -0.678. The minimum absolute atomic E-state index is 0.678. The minimum atomic E-state index is -5.03. The lowest BCUT2D eigenvalue weighted by Crippen LogP contribution is -2.68. The summed E-state index contributed by atoms with van der Waals surface area (Å²) >= 11 is 0. The number of hydrogen-bond donors (Lipinski definition) is 10. The van der Waals surface area contributed by atoms with E-state index in [-0.39, 0.29) is 0 Å². The average molecular weight is 610 g/mol. The number of nitrogens with one attached hydrogen (secondary N) is 1. The van der Waals surface area contributed by atoms with Crippen LogP contribution in [0.5, 0.6) is 0 Å². The number of rotatable bonds is 9. The number of aliphatic hydroxyl groups excluding tert-OH is 8. The minimum Gasteiger partial charge on any atom is -0.394 e. The lowest BCUT2D eigenvalue weighted by molar-refractivity contribution is -0.381. The van der Waals surface area contributed by atoms with Gasteiger partial charge in [-0.05, 0) is 6.92 Å². The first kappa shape index (κ1) is 33.3. The molecule has 0 aliphatic carbocycles. The van der Waals surface area contributed by atoms with Gasteiger partial charge in [0, 0.05) is 6.92 Å². The highest BCUT2D eigenvalue weighted by Gasteiger charge is 2.54. The van der Waals surface area contributed by atoms with Crippen LogP contribution in [0.25, 0.3) is 0 Å². The van der Waals surface area contributed by atoms with Gasteiger partial charge >= 0.3 is 10.4 Å². The van der Waals surface area contributed by atoms with Crippen molar-refractivity contribution in [3.8, 4) is 0 Å². The van der Waals surface area contributed by atoms with Crippen molar-refractivity contribution in [2.45, 2.75) is 106 Å². The Morgan fingerprint density at radius 2 is 1.43 bits per heavy atom. The molecule has 10 N–H and O–H groups in total. The van der Waals surface area contributed by atoms with E-state index >= 15 is 0 Å². The maximum atomic E-state index is 11.6. The maximum absolute atomic E-state index is 11.6. The standard InChI is InChI=1S/C20H35NO18S/c1-5-10(24)13(27)15(29)19(35-5)39-17-14(28)11(25)8(4-34-40(31,32)33)37-20(17)38-16-7(3-22)36-18(30)9(12(16)26)21-6(2)23/h5,7-20,22,24-30H,3-4H2,1-2H3,(H,21,23)(H,31,32,33)/t5-,7+,8+,9+,10+,11-,12+,13+,14-,15-,16+,17+,18+,19-,20-/m0/s1. The summed E-state index contributed by atoms with van der Waals surface area (Å²) in [5.41, 5.74) is 0. The second-order valence-corrected chi connectivity index (χ2v) is 10.7. The smallest absolute Gasteiger partial charge is 0.394 e. The van der Waals surface area contributed by atoms with Gasteiger partial charge in [0.15, 0.2) is 18.9 Å². The van der Waals surface area contributed by atoms with Gasteiger partial charge in [-0.2, -0.15) is 8.42 Å². The first-order valence-electron chi connectivity index (χ1n) is 12.1. The third-order valence-electron chi connectivity index (χ3n) is 6.66. The second kappa shape index (κ2) is 13.4. The van der Waals surface area contributed by atoms with Gasteiger partial charge in [-0.1, -0.05) is 0 Å². The van der Waals surface area contributed by atoms with E-state index in [9.17, 15) is 54.1 Å². The molecule has 0 unspecified atom stereocenters. The Kier molecular flexibility index (Phi) is 11.2. The number of carbonyl (C=O) groups is 1. The van der Waals surface area contributed by atoms with E-state index in [1.165, 1.54) is 6.92 Å². The van der Waals surface area contributed by atoms with E-state index in [0.29, 0.717) is 0 Å². The Balaban J connectivity index is 1.90. The van der Waals surface area contributed by atoms with Gasteiger partial charge in [-0.25, -0.2) is 4.18 Å². The van der Waals surface area contributed by atoms with Crippen LogP contribution in [-0.2, 0) is 43.1 Å². The Hall–Kier alpha value is -1.18. The van der Waals surface area contributed by atoms with Crippen LogP contribution in [0.15, 0.2) is 0 Å². The summed E-state index contributed by atoms with van der Waals surface area (Å²) in [7, 11) is -5.03. The fraction of sp³-hybridized carbons (Fsp3) is 0.950. The highest BCUT2D eigenvalue weighted by Crippen LogP contribution is 2.33. The molecule has 0 aromatic heterocycles. The molecule has 1 amide bonds. The molecule has 3 aliphatic heterocycles. The van der Waals surface area contributed by atoms with E-state index in [0.717, 1.165) is 6.92 Å². The van der Waals surface area contributed by atoms with Crippen molar-refractivity contribution in [1.29, 1.82) is 0 Å². The molecule has 0 bridgehead atoms. The molecule has 234 valence electrons. The molecule has 40 heavy (non-hydrogen) atoms. The van der Waals surface area contributed by atoms with Crippen LogP contribution in [0, 0.1) is 0 Å². The Morgan fingerprint density at radius 3 is 2.00 bits per heavy atom. The molecule has 0 spiro atoms. The monoisotopic (exact) mass is 609 g/mol. The van der Waals surface area contributed by atoms with E-state index in [2.05, 4.69) is 9.50 Å². The van der Waals surface area contributed by atoms with Crippen molar-refractivity contribution in [1.82, 2.24) is 5.32 Å². The lowest BCUT2D eigenvalue weighted by Gasteiger charge is -2.48. The molecule has 15 atom stereocenters. The van der Waals surface area contributed by atoms with Crippen LogP contribution in [-0.4, -0.2) is 165 Å². The summed E-state index contributed by atoms with van der Waals surface area (Å²) in [5, 5.41) is 84.8. The van der Waals surface area contributed by atoms with E-state index in [1.807, 2.05) is 0 Å². The fourth-order valence-electron chi connectivity index (χ4n) is 4.53. The second-order valence-electron chi connectivity index (χ2n) is 9.58. The van der Waals surface area contributed by atoms with Crippen LogP contribution < -0.4 is 5.32 Å². The van der Waals surface area contributed by atoms with Crippen molar-refractivity contribution in [3.05, 3.63) is 0 Å². The van der Waals surface area contributed by atoms with Gasteiger partial charge < -0.3 is 69.9 Å². The molecule has 3 saturated heterocycles. The predicted molar refractivity (Wildman–Crippen MR) is 122 cm³/mol. The summed E-state index contributed by atoms with van der Waals surface area (Å²) in [6.45, 7) is 0.524. The summed E-state index contributed by atoms with van der Waals surface area (Å²) in [4.78, 5) is 11.6. The van der Waals surface area contributed by atoms with Gasteiger partial charge in [-0.3, -0.25) is 9.35 Å². The molecule has 3 rings (SSSR count). The van der Waals surface area contributed by atoms with Crippen molar-refractivity contribution in [2.24, 2.45) is 0 Å². The number of amides is 1. The first-order chi connectivity index (χ1) is 18.5. The summed E-state index contributed by atoms with van der Waals surface area (Å²) in [6.07, 6.45) is -24.2. The molecule has 3 heterocycles. The van der Waals surface area contributed by atoms with Crippen molar-refractivity contribution in [2.75, 3.05) is 13.2 Å². The highest BCUT2D eigenvalue weighted by atomic mass is 32.3. The molecule has 0 saturated carbocycles. The fourth-order valence-corrected chi connectivity index (χ4v) is 4.83. The first-order valence-corrected chi connectivity index (χ1v) is 13.5.